The summed E-state index contributed by atoms with van der Waals surface area (Å²) in [4.78, 5) is 0.107. The Bertz CT molecular complexity index is 934. The van der Waals surface area contributed by atoms with Gasteiger partial charge < -0.3 is 5.73 Å². The fourth-order valence-electron chi connectivity index (χ4n) is 2.22. The lowest BCUT2D eigenvalue weighted by molar-refractivity contribution is 0.600. The Balaban J connectivity index is 2.01. The Morgan fingerprint density at radius 1 is 1.04 bits per heavy atom. The number of aryl methyl sites for hydroxylation is 1. The number of hydrogen-bond acceptors (Lipinski definition) is 4. The number of nitrogens with one attached hydrogen (secondary N) is 1. The van der Waals surface area contributed by atoms with E-state index in [-0.39, 0.29) is 4.90 Å². The molecule has 7 heteroatoms. The normalized spacial score (nSPS) is 11.3. The minimum absolute atomic E-state index is 0.107. The summed E-state index contributed by atoms with van der Waals surface area (Å²) in [5, 5.41) is 4.34. The van der Waals surface area contributed by atoms with Crippen LogP contribution in [0.1, 0.15) is 5.69 Å². The lowest BCUT2D eigenvalue weighted by Gasteiger charge is -2.11. The summed E-state index contributed by atoms with van der Waals surface area (Å²) < 4.78 is 29.2. The van der Waals surface area contributed by atoms with Crippen LogP contribution in [0, 0.1) is 6.92 Å². The van der Waals surface area contributed by atoms with Crippen molar-refractivity contribution in [2.45, 2.75) is 11.8 Å². The van der Waals surface area contributed by atoms with Gasteiger partial charge in [-0.2, -0.15) is 5.10 Å². The Morgan fingerprint density at radius 3 is 2.48 bits per heavy atom. The van der Waals surface area contributed by atoms with E-state index >= 15 is 0 Å². The maximum atomic E-state index is 12.5. The van der Waals surface area contributed by atoms with Gasteiger partial charge in [-0.15, -0.1) is 0 Å². The molecule has 0 radical (unpaired) electrons. The number of nitrogens with zero attached hydrogens (tertiary/aromatic N) is 2. The molecule has 1 aromatic heterocycles. The molecule has 0 fully saturated rings. The van der Waals surface area contributed by atoms with Crippen LogP contribution >= 0.6 is 0 Å². The molecule has 23 heavy (non-hydrogen) atoms. The molecular weight excluding hydrogens is 312 g/mol. The number of anilines is 2. The zero-order valence-electron chi connectivity index (χ0n) is 12.5. The summed E-state index contributed by atoms with van der Waals surface area (Å²) in [6, 6.07) is 17.1. The van der Waals surface area contributed by atoms with Crippen molar-refractivity contribution in [1.82, 2.24) is 9.78 Å². The van der Waals surface area contributed by atoms with E-state index in [2.05, 4.69) is 9.82 Å². The van der Waals surface area contributed by atoms with E-state index < -0.39 is 10.0 Å². The van der Waals surface area contributed by atoms with E-state index in [1.807, 2.05) is 30.3 Å². The predicted molar refractivity (Wildman–Crippen MR) is 90.0 cm³/mol. The zero-order chi connectivity index (χ0) is 16.4. The number of nitrogens with two attached hydrogens (primary N) is 1. The number of aromatic nitrogens is 2. The van der Waals surface area contributed by atoms with Gasteiger partial charge in [0.1, 0.15) is 5.82 Å². The number of rotatable bonds is 4. The second-order valence-corrected chi connectivity index (χ2v) is 6.78. The van der Waals surface area contributed by atoms with E-state index in [0.717, 1.165) is 5.69 Å². The highest BCUT2D eigenvalue weighted by Crippen LogP contribution is 2.21. The third kappa shape index (κ3) is 3.19. The maximum Gasteiger partial charge on any atom is 0.263 e. The van der Waals surface area contributed by atoms with Gasteiger partial charge in [0.25, 0.3) is 10.0 Å². The fraction of sp³-hybridized carbons (Fsp3) is 0.0625. The summed E-state index contributed by atoms with van der Waals surface area (Å²) in [6.07, 6.45) is 0. The van der Waals surface area contributed by atoms with Gasteiger partial charge in [-0.25, -0.2) is 13.1 Å². The monoisotopic (exact) mass is 328 g/mol. The van der Waals surface area contributed by atoms with Crippen LogP contribution in [0.5, 0.6) is 0 Å². The second kappa shape index (κ2) is 5.77. The molecule has 0 saturated carbocycles. The highest BCUT2D eigenvalue weighted by Gasteiger charge is 2.18. The molecule has 3 N–H and O–H groups in total. The van der Waals surface area contributed by atoms with Crippen LogP contribution in [0.4, 0.5) is 11.5 Å². The maximum absolute atomic E-state index is 12.5. The van der Waals surface area contributed by atoms with Gasteiger partial charge in [-0.3, -0.25) is 4.72 Å². The van der Waals surface area contributed by atoms with E-state index in [9.17, 15) is 8.42 Å². The number of para-hydroxylation sites is 1. The standard InChI is InChI=1S/C16H16N4O2S/c1-12-10-16(20(18-12)14-7-3-2-4-8-14)19-23(21,22)15-9-5-6-13(17)11-15/h2-11,19H,17H2,1H3. The van der Waals surface area contributed by atoms with Gasteiger partial charge in [-0.1, -0.05) is 24.3 Å². The van der Waals surface area contributed by atoms with Gasteiger partial charge in [0.05, 0.1) is 16.3 Å². The minimum Gasteiger partial charge on any atom is -0.399 e. The molecule has 0 spiro atoms. The molecule has 3 rings (SSSR count). The number of hydrogen-bond donors (Lipinski definition) is 2. The molecule has 0 saturated heterocycles. The van der Waals surface area contributed by atoms with Gasteiger partial charge >= 0.3 is 0 Å². The Kier molecular flexibility index (Phi) is 3.79. The molecule has 0 bridgehead atoms. The van der Waals surface area contributed by atoms with Crippen LogP contribution in [0.25, 0.3) is 5.69 Å². The molecule has 3 aromatic rings. The first-order chi connectivity index (χ1) is 11.0. The van der Waals surface area contributed by atoms with Crippen molar-refractivity contribution in [3.63, 3.8) is 0 Å². The summed E-state index contributed by atoms with van der Waals surface area (Å²) in [5.41, 5.74) is 7.53. The highest BCUT2D eigenvalue weighted by molar-refractivity contribution is 7.92. The highest BCUT2D eigenvalue weighted by atomic mass is 32.2. The van der Waals surface area contributed by atoms with Crippen molar-refractivity contribution in [2.75, 3.05) is 10.5 Å². The van der Waals surface area contributed by atoms with Crippen LogP contribution in [0.2, 0.25) is 0 Å². The first-order valence-corrected chi connectivity index (χ1v) is 8.44. The first-order valence-electron chi connectivity index (χ1n) is 6.96. The second-order valence-electron chi connectivity index (χ2n) is 5.10. The fourth-order valence-corrected chi connectivity index (χ4v) is 3.30. The summed E-state index contributed by atoms with van der Waals surface area (Å²) in [5.74, 6) is 0.371. The molecule has 0 unspecified atom stereocenters. The van der Waals surface area contributed by atoms with Gasteiger partial charge in [-0.05, 0) is 37.3 Å². The summed E-state index contributed by atoms with van der Waals surface area (Å²) in [6.45, 7) is 1.80. The average Bonchev–Trinajstić information content (AvgIpc) is 2.88. The van der Waals surface area contributed by atoms with E-state index in [0.29, 0.717) is 17.2 Å². The van der Waals surface area contributed by atoms with E-state index in [1.165, 1.54) is 12.1 Å². The SMILES string of the molecule is Cc1cc(NS(=O)(=O)c2cccc(N)c2)n(-c2ccccc2)n1. The molecule has 118 valence electrons. The van der Waals surface area contributed by atoms with Crippen molar-refractivity contribution in [3.8, 4) is 5.69 Å². The third-order valence-corrected chi connectivity index (χ3v) is 4.59. The Labute approximate surface area is 134 Å². The minimum atomic E-state index is -3.74. The lowest BCUT2D eigenvalue weighted by atomic mass is 10.3. The molecule has 0 amide bonds. The van der Waals surface area contributed by atoms with Crippen LogP contribution in [0.15, 0.2) is 65.6 Å². The molecule has 0 aliphatic carbocycles. The molecule has 0 aliphatic rings. The van der Waals surface area contributed by atoms with Crippen LogP contribution in [-0.2, 0) is 10.0 Å². The largest absolute Gasteiger partial charge is 0.399 e. The van der Waals surface area contributed by atoms with Crippen molar-refractivity contribution >= 4 is 21.5 Å². The number of benzene rings is 2. The van der Waals surface area contributed by atoms with Crippen molar-refractivity contribution in [2.24, 2.45) is 0 Å². The molecule has 6 nitrogen and oxygen atoms in total. The lowest BCUT2D eigenvalue weighted by Crippen LogP contribution is -2.16. The molecule has 0 aliphatic heterocycles. The quantitative estimate of drug-likeness (QED) is 0.720. The zero-order valence-corrected chi connectivity index (χ0v) is 13.3. The topological polar surface area (TPSA) is 90.0 Å². The van der Waals surface area contributed by atoms with Crippen LogP contribution in [-0.4, -0.2) is 18.2 Å². The molecule has 0 atom stereocenters. The van der Waals surface area contributed by atoms with Crippen LogP contribution < -0.4 is 10.5 Å². The number of sulfonamides is 1. The average molecular weight is 328 g/mol. The van der Waals surface area contributed by atoms with Gasteiger partial charge in [0.15, 0.2) is 0 Å². The third-order valence-electron chi connectivity index (χ3n) is 3.24. The Morgan fingerprint density at radius 2 is 1.78 bits per heavy atom. The molecule has 1 heterocycles. The molecular formula is C16H16N4O2S. The Hall–Kier alpha value is -2.80. The van der Waals surface area contributed by atoms with Crippen molar-refractivity contribution in [3.05, 3.63) is 66.4 Å². The van der Waals surface area contributed by atoms with Crippen LogP contribution in [0.3, 0.4) is 0 Å². The summed E-state index contributed by atoms with van der Waals surface area (Å²) >= 11 is 0. The van der Waals surface area contributed by atoms with E-state index in [4.69, 9.17) is 5.73 Å². The van der Waals surface area contributed by atoms with Gasteiger partial charge in [0, 0.05) is 11.8 Å². The van der Waals surface area contributed by atoms with Gasteiger partial charge in [0.2, 0.25) is 0 Å². The molecule has 2 aromatic carbocycles. The smallest absolute Gasteiger partial charge is 0.263 e. The van der Waals surface area contributed by atoms with E-state index in [1.54, 1.807) is 29.8 Å². The number of nitrogen functional groups attached to an aromatic ring is 1. The first kappa shape index (κ1) is 15.1. The predicted octanol–water partition coefficient (Wildman–Crippen LogP) is 2.56. The van der Waals surface area contributed by atoms with Crippen molar-refractivity contribution in [1.29, 1.82) is 0 Å². The summed E-state index contributed by atoms with van der Waals surface area (Å²) in [7, 11) is -3.74. The van der Waals surface area contributed by atoms with Crippen molar-refractivity contribution < 1.29 is 8.42 Å².